The number of amides is 1. The molecule has 0 aliphatic heterocycles. The van der Waals surface area contributed by atoms with Crippen LogP contribution in [0.25, 0.3) is 22.5 Å². The first kappa shape index (κ1) is 23.3. The smallest absolute Gasteiger partial charge is 0.277 e. The van der Waals surface area contributed by atoms with Crippen LogP contribution in [-0.4, -0.2) is 32.0 Å². The molecule has 4 rings (SSSR count). The van der Waals surface area contributed by atoms with Gasteiger partial charge in [0, 0.05) is 31.3 Å². The molecule has 1 amide bonds. The number of fused-ring (bicyclic) bond motifs is 1. The normalized spacial score (nSPS) is 11.7. The van der Waals surface area contributed by atoms with Crippen LogP contribution in [0.2, 0.25) is 0 Å². The number of carbonyl (C=O) groups is 1. The molecule has 0 saturated heterocycles. The van der Waals surface area contributed by atoms with E-state index in [9.17, 15) is 4.79 Å². The van der Waals surface area contributed by atoms with E-state index in [0.29, 0.717) is 29.4 Å². The van der Waals surface area contributed by atoms with Crippen molar-refractivity contribution in [2.24, 2.45) is 12.5 Å². The van der Waals surface area contributed by atoms with E-state index in [1.165, 1.54) is 6.26 Å². The number of benzene rings is 1. The fourth-order valence-electron chi connectivity index (χ4n) is 3.63. The van der Waals surface area contributed by atoms with Crippen LogP contribution in [0.5, 0.6) is 5.75 Å². The third kappa shape index (κ3) is 5.03. The van der Waals surface area contributed by atoms with Crippen molar-refractivity contribution >= 4 is 28.4 Å². The second-order valence-electron chi connectivity index (χ2n) is 9.38. The molecule has 0 spiro atoms. The van der Waals surface area contributed by atoms with E-state index in [1.54, 1.807) is 18.3 Å². The van der Waals surface area contributed by atoms with Crippen LogP contribution >= 0.6 is 0 Å². The van der Waals surface area contributed by atoms with Crippen molar-refractivity contribution in [3.05, 3.63) is 48.2 Å². The number of anilines is 2. The van der Waals surface area contributed by atoms with Gasteiger partial charge < -0.3 is 24.8 Å². The van der Waals surface area contributed by atoms with Gasteiger partial charge >= 0.3 is 0 Å². The van der Waals surface area contributed by atoms with E-state index < -0.39 is 5.91 Å². The van der Waals surface area contributed by atoms with Crippen molar-refractivity contribution in [1.82, 2.24) is 19.5 Å². The van der Waals surface area contributed by atoms with Gasteiger partial charge in [-0.05, 0) is 37.0 Å². The van der Waals surface area contributed by atoms with E-state index in [4.69, 9.17) is 19.9 Å². The van der Waals surface area contributed by atoms with Gasteiger partial charge in [0.1, 0.15) is 23.7 Å². The first-order valence-electron chi connectivity index (χ1n) is 11.3. The van der Waals surface area contributed by atoms with E-state index >= 15 is 0 Å². The average Bonchev–Trinajstić information content (AvgIpc) is 3.38. The molecule has 0 aliphatic rings. The summed E-state index contributed by atoms with van der Waals surface area (Å²) in [6.07, 6.45) is 4.75. The minimum atomic E-state index is -0.410. The van der Waals surface area contributed by atoms with Gasteiger partial charge in [-0.3, -0.25) is 4.79 Å². The van der Waals surface area contributed by atoms with Gasteiger partial charge in [-0.15, -0.1) is 0 Å². The Morgan fingerprint density at radius 2 is 2.03 bits per heavy atom. The molecule has 0 bridgehead atoms. The SMILES string of the molecule is CCOc1cc2nc(CCC(C)(C)C)n(C)c2cc1NC(=O)c1coc(-c2ccnc(N)c2)n1. The largest absolute Gasteiger partial charge is 0.492 e. The van der Waals surface area contributed by atoms with Crippen molar-refractivity contribution in [2.75, 3.05) is 17.7 Å². The Labute approximate surface area is 198 Å². The monoisotopic (exact) mass is 462 g/mol. The number of nitrogens with zero attached hydrogens (tertiary/aromatic N) is 4. The summed E-state index contributed by atoms with van der Waals surface area (Å²) in [7, 11) is 1.99. The van der Waals surface area contributed by atoms with E-state index in [1.807, 2.05) is 26.1 Å². The summed E-state index contributed by atoms with van der Waals surface area (Å²) < 4.78 is 13.4. The zero-order chi connectivity index (χ0) is 24.5. The fraction of sp³-hybridized carbons (Fsp3) is 0.360. The number of nitrogens with two attached hydrogens (primary N) is 1. The molecular formula is C25H30N6O3. The summed E-state index contributed by atoms with van der Waals surface area (Å²) in [5.74, 6) is 1.76. The van der Waals surface area contributed by atoms with E-state index in [2.05, 4.69) is 40.6 Å². The standard InChI is InChI=1S/C25H30N6O3/c1-6-33-20-13-16-19(31(5)22(28-16)7-9-25(2,3)4)12-17(20)29-23(32)18-14-34-24(30-18)15-8-10-27-21(26)11-15/h8,10-14H,6-7,9H2,1-5H3,(H2,26,27)(H,29,32). The van der Waals surface area contributed by atoms with Crippen LogP contribution in [0.15, 0.2) is 41.1 Å². The van der Waals surface area contributed by atoms with Crippen LogP contribution in [0.1, 0.15) is 50.4 Å². The highest BCUT2D eigenvalue weighted by Gasteiger charge is 2.19. The number of pyridine rings is 1. The maximum atomic E-state index is 13.0. The van der Waals surface area contributed by atoms with Crippen LogP contribution < -0.4 is 15.8 Å². The van der Waals surface area contributed by atoms with Crippen molar-refractivity contribution < 1.29 is 13.9 Å². The zero-order valence-corrected chi connectivity index (χ0v) is 20.2. The molecule has 34 heavy (non-hydrogen) atoms. The molecule has 0 aliphatic carbocycles. The number of nitrogen functional groups attached to an aromatic ring is 1. The Kier molecular flexibility index (Phi) is 6.28. The third-order valence-electron chi connectivity index (χ3n) is 5.49. The quantitative estimate of drug-likeness (QED) is 0.403. The van der Waals surface area contributed by atoms with Gasteiger partial charge in [0.05, 0.1) is 23.3 Å². The predicted octanol–water partition coefficient (Wildman–Crippen LogP) is 4.84. The van der Waals surface area contributed by atoms with Gasteiger partial charge in [-0.2, -0.15) is 0 Å². The summed E-state index contributed by atoms with van der Waals surface area (Å²) in [6.45, 7) is 9.00. The molecule has 1 aromatic carbocycles. The van der Waals surface area contributed by atoms with Crippen molar-refractivity contribution in [2.45, 2.75) is 40.5 Å². The lowest BCUT2D eigenvalue weighted by molar-refractivity contribution is 0.102. The summed E-state index contributed by atoms with van der Waals surface area (Å²) >= 11 is 0. The second kappa shape index (κ2) is 9.17. The van der Waals surface area contributed by atoms with Crippen LogP contribution in [0.3, 0.4) is 0 Å². The first-order chi connectivity index (χ1) is 16.1. The Morgan fingerprint density at radius 1 is 1.24 bits per heavy atom. The van der Waals surface area contributed by atoms with Crippen LogP contribution in [0, 0.1) is 5.41 Å². The Bertz CT molecular complexity index is 1330. The first-order valence-corrected chi connectivity index (χ1v) is 11.3. The Morgan fingerprint density at radius 3 is 2.74 bits per heavy atom. The maximum absolute atomic E-state index is 13.0. The fourth-order valence-corrected chi connectivity index (χ4v) is 3.63. The number of carbonyl (C=O) groups excluding carboxylic acids is 1. The molecule has 3 aromatic heterocycles. The Hall–Kier alpha value is -3.88. The molecule has 3 N–H and O–H groups in total. The highest BCUT2D eigenvalue weighted by molar-refractivity contribution is 6.05. The van der Waals surface area contributed by atoms with Crippen LogP contribution in [0.4, 0.5) is 11.5 Å². The molecule has 0 unspecified atom stereocenters. The van der Waals surface area contributed by atoms with Gasteiger partial charge in [-0.25, -0.2) is 15.0 Å². The molecule has 0 saturated carbocycles. The number of rotatable bonds is 7. The lowest BCUT2D eigenvalue weighted by atomic mass is 9.90. The number of aryl methyl sites for hydroxylation is 2. The van der Waals surface area contributed by atoms with Crippen molar-refractivity contribution in [1.29, 1.82) is 0 Å². The van der Waals surface area contributed by atoms with Gasteiger partial charge in [0.25, 0.3) is 5.91 Å². The minimum absolute atomic E-state index is 0.142. The highest BCUT2D eigenvalue weighted by Crippen LogP contribution is 2.32. The molecule has 0 atom stereocenters. The Balaban J connectivity index is 1.62. The van der Waals surface area contributed by atoms with Gasteiger partial charge in [0.15, 0.2) is 5.69 Å². The molecule has 0 radical (unpaired) electrons. The van der Waals surface area contributed by atoms with Gasteiger partial charge in [-0.1, -0.05) is 20.8 Å². The number of nitrogens with one attached hydrogen (secondary N) is 1. The van der Waals surface area contributed by atoms with Crippen molar-refractivity contribution in [3.8, 4) is 17.2 Å². The maximum Gasteiger partial charge on any atom is 0.277 e. The number of aromatic nitrogens is 4. The number of imidazole rings is 1. The van der Waals surface area contributed by atoms with E-state index in [0.717, 1.165) is 29.7 Å². The molecule has 9 nitrogen and oxygen atoms in total. The second-order valence-corrected chi connectivity index (χ2v) is 9.38. The molecule has 0 fully saturated rings. The molecular weight excluding hydrogens is 432 g/mol. The van der Waals surface area contributed by atoms with Gasteiger partial charge in [0.2, 0.25) is 5.89 Å². The lowest BCUT2D eigenvalue weighted by Gasteiger charge is -2.17. The number of ether oxygens (including phenoxy) is 1. The minimum Gasteiger partial charge on any atom is -0.492 e. The lowest BCUT2D eigenvalue weighted by Crippen LogP contribution is -2.13. The third-order valence-corrected chi connectivity index (χ3v) is 5.49. The molecule has 9 heteroatoms. The topological polar surface area (TPSA) is 121 Å². The van der Waals surface area contributed by atoms with Crippen molar-refractivity contribution in [3.63, 3.8) is 0 Å². The summed E-state index contributed by atoms with van der Waals surface area (Å²) in [6, 6.07) is 7.10. The highest BCUT2D eigenvalue weighted by atomic mass is 16.5. The molecule has 4 aromatic rings. The summed E-state index contributed by atoms with van der Waals surface area (Å²) in [5, 5.41) is 2.91. The predicted molar refractivity (Wildman–Crippen MR) is 132 cm³/mol. The van der Waals surface area contributed by atoms with E-state index in [-0.39, 0.29) is 17.0 Å². The zero-order valence-electron chi connectivity index (χ0n) is 20.2. The average molecular weight is 463 g/mol. The molecule has 178 valence electrons. The number of oxazole rings is 1. The summed E-state index contributed by atoms with van der Waals surface area (Å²) in [5.41, 5.74) is 9.01. The number of hydrogen-bond donors (Lipinski definition) is 2. The molecule has 3 heterocycles. The number of hydrogen-bond acceptors (Lipinski definition) is 7. The summed E-state index contributed by atoms with van der Waals surface area (Å²) in [4.78, 5) is 26.0. The van der Waals surface area contributed by atoms with Crippen LogP contribution in [-0.2, 0) is 13.5 Å².